The van der Waals surface area contributed by atoms with Crippen molar-refractivity contribution in [3.8, 4) is 0 Å². The lowest BCUT2D eigenvalue weighted by atomic mass is 9.89. The molecule has 1 aliphatic carbocycles. The van der Waals surface area contributed by atoms with Crippen molar-refractivity contribution >= 4 is 11.5 Å². The van der Waals surface area contributed by atoms with Crippen LogP contribution in [0, 0.1) is 0 Å². The maximum atomic E-state index is 11.8. The van der Waals surface area contributed by atoms with Gasteiger partial charge in [0.25, 0.3) is 0 Å². The number of ketones is 1. The number of anilines is 1. The Morgan fingerprint density at radius 2 is 1.94 bits per heavy atom. The molecule has 86 valence electrons. The molecule has 16 heavy (non-hydrogen) atoms. The second kappa shape index (κ2) is 4.69. The summed E-state index contributed by atoms with van der Waals surface area (Å²) in [6.45, 7) is 6.32. The topological polar surface area (TPSA) is 20.3 Å². The summed E-state index contributed by atoms with van der Waals surface area (Å²) in [6, 6.07) is 6.13. The molecule has 0 fully saturated rings. The minimum Gasteiger partial charge on any atom is -0.372 e. The fourth-order valence-corrected chi connectivity index (χ4v) is 2.52. The lowest BCUT2D eigenvalue weighted by Crippen LogP contribution is -2.25. The first-order valence-electron chi connectivity index (χ1n) is 6.18. The molecule has 0 atom stereocenters. The highest BCUT2D eigenvalue weighted by Crippen LogP contribution is 2.30. The predicted octanol–water partition coefficient (Wildman–Crippen LogP) is 3.05. The predicted molar refractivity (Wildman–Crippen MR) is 67.3 cm³/mol. The molecule has 0 radical (unpaired) electrons. The molecule has 0 aliphatic heterocycles. The van der Waals surface area contributed by atoms with Gasteiger partial charge < -0.3 is 4.90 Å². The highest BCUT2D eigenvalue weighted by atomic mass is 16.1. The maximum absolute atomic E-state index is 11.8. The Kier molecular flexibility index (Phi) is 3.28. The number of carbonyl (C=O) groups excluding carboxylic acids is 1. The first kappa shape index (κ1) is 11.2. The number of rotatable bonds is 3. The molecule has 0 heterocycles. The van der Waals surface area contributed by atoms with Crippen LogP contribution < -0.4 is 4.90 Å². The van der Waals surface area contributed by atoms with Gasteiger partial charge in [-0.25, -0.2) is 0 Å². The summed E-state index contributed by atoms with van der Waals surface area (Å²) in [4.78, 5) is 14.1. The first-order valence-corrected chi connectivity index (χ1v) is 6.18. The van der Waals surface area contributed by atoms with Crippen LogP contribution in [-0.2, 0) is 6.42 Å². The van der Waals surface area contributed by atoms with Crippen molar-refractivity contribution in [3.63, 3.8) is 0 Å². The van der Waals surface area contributed by atoms with E-state index >= 15 is 0 Å². The van der Waals surface area contributed by atoms with E-state index < -0.39 is 0 Å². The Labute approximate surface area is 97.3 Å². The number of benzene rings is 1. The van der Waals surface area contributed by atoms with E-state index in [9.17, 15) is 4.79 Å². The summed E-state index contributed by atoms with van der Waals surface area (Å²) in [5, 5.41) is 0. The van der Waals surface area contributed by atoms with Crippen LogP contribution in [0.4, 0.5) is 5.69 Å². The van der Waals surface area contributed by atoms with Crippen molar-refractivity contribution in [3.05, 3.63) is 29.3 Å². The fraction of sp³-hybridized carbons (Fsp3) is 0.500. The molecule has 0 bridgehead atoms. The van der Waals surface area contributed by atoms with E-state index in [1.165, 1.54) is 11.3 Å². The van der Waals surface area contributed by atoms with E-state index in [1.807, 2.05) is 12.1 Å². The van der Waals surface area contributed by atoms with Gasteiger partial charge in [-0.2, -0.15) is 0 Å². The molecule has 0 N–H and O–H groups in total. The third-order valence-electron chi connectivity index (χ3n) is 3.39. The van der Waals surface area contributed by atoms with Gasteiger partial charge >= 0.3 is 0 Å². The third kappa shape index (κ3) is 1.84. The molecule has 2 nitrogen and oxygen atoms in total. The molecule has 0 amide bonds. The van der Waals surface area contributed by atoms with Crippen molar-refractivity contribution in [1.29, 1.82) is 0 Å². The third-order valence-corrected chi connectivity index (χ3v) is 3.39. The van der Waals surface area contributed by atoms with Crippen molar-refractivity contribution in [1.82, 2.24) is 0 Å². The summed E-state index contributed by atoms with van der Waals surface area (Å²) >= 11 is 0. The Bertz CT molecular complexity index is 394. The van der Waals surface area contributed by atoms with Crippen LogP contribution in [0.15, 0.2) is 18.2 Å². The molecule has 2 rings (SSSR count). The highest BCUT2D eigenvalue weighted by molar-refractivity contribution is 5.99. The highest BCUT2D eigenvalue weighted by Gasteiger charge is 2.20. The SMILES string of the molecule is CCN(CC)c1cccc2c1CCCC2=O. The summed E-state index contributed by atoms with van der Waals surface area (Å²) in [5.74, 6) is 0.315. The van der Waals surface area contributed by atoms with Gasteiger partial charge in [0.05, 0.1) is 0 Å². The summed E-state index contributed by atoms with van der Waals surface area (Å²) in [5.41, 5.74) is 3.48. The van der Waals surface area contributed by atoms with Crippen molar-refractivity contribution < 1.29 is 4.79 Å². The quantitative estimate of drug-likeness (QED) is 0.775. The Morgan fingerprint density at radius 3 is 2.62 bits per heavy atom. The zero-order chi connectivity index (χ0) is 11.5. The number of carbonyl (C=O) groups is 1. The fourth-order valence-electron chi connectivity index (χ4n) is 2.52. The summed E-state index contributed by atoms with van der Waals surface area (Å²) in [7, 11) is 0. The van der Waals surface area contributed by atoms with Gasteiger partial charge in [0, 0.05) is 30.8 Å². The summed E-state index contributed by atoms with van der Waals surface area (Å²) < 4.78 is 0. The van der Waals surface area contributed by atoms with Crippen LogP contribution in [0.25, 0.3) is 0 Å². The Hall–Kier alpha value is -1.31. The van der Waals surface area contributed by atoms with Gasteiger partial charge in [0.1, 0.15) is 0 Å². The van der Waals surface area contributed by atoms with Crippen LogP contribution in [-0.4, -0.2) is 18.9 Å². The van der Waals surface area contributed by atoms with E-state index in [-0.39, 0.29) is 0 Å². The Morgan fingerprint density at radius 1 is 1.19 bits per heavy atom. The molecule has 1 aliphatic rings. The van der Waals surface area contributed by atoms with Crippen LogP contribution >= 0.6 is 0 Å². The second-order valence-corrected chi connectivity index (χ2v) is 4.25. The zero-order valence-electron chi connectivity index (χ0n) is 10.1. The normalized spacial score (nSPS) is 14.8. The molecule has 0 saturated heterocycles. The van der Waals surface area contributed by atoms with E-state index in [2.05, 4.69) is 24.8 Å². The van der Waals surface area contributed by atoms with Crippen LogP contribution in [0.2, 0.25) is 0 Å². The minimum atomic E-state index is 0.315. The molecule has 0 unspecified atom stereocenters. The number of fused-ring (bicyclic) bond motifs is 1. The first-order chi connectivity index (χ1) is 7.77. The van der Waals surface area contributed by atoms with Crippen molar-refractivity contribution in [2.75, 3.05) is 18.0 Å². The largest absolute Gasteiger partial charge is 0.372 e. The second-order valence-electron chi connectivity index (χ2n) is 4.25. The monoisotopic (exact) mass is 217 g/mol. The van der Waals surface area contributed by atoms with Gasteiger partial charge in [0.2, 0.25) is 0 Å². The van der Waals surface area contributed by atoms with Gasteiger partial charge in [-0.05, 0) is 38.3 Å². The zero-order valence-corrected chi connectivity index (χ0v) is 10.1. The lowest BCUT2D eigenvalue weighted by molar-refractivity contribution is 0.0972. The van der Waals surface area contributed by atoms with Crippen LogP contribution in [0.1, 0.15) is 42.6 Å². The average Bonchev–Trinajstić information content (AvgIpc) is 2.32. The molecule has 1 aromatic carbocycles. The molecule has 0 aromatic heterocycles. The molecular formula is C14H19NO. The van der Waals surface area contributed by atoms with E-state index in [0.29, 0.717) is 12.2 Å². The smallest absolute Gasteiger partial charge is 0.163 e. The minimum absolute atomic E-state index is 0.315. The summed E-state index contributed by atoms with van der Waals surface area (Å²) in [6.07, 6.45) is 2.77. The van der Waals surface area contributed by atoms with E-state index in [0.717, 1.165) is 31.5 Å². The number of hydrogen-bond donors (Lipinski definition) is 0. The number of nitrogens with zero attached hydrogens (tertiary/aromatic N) is 1. The number of Topliss-reactive ketones (excluding diaryl/α,β-unsaturated/α-hetero) is 1. The van der Waals surface area contributed by atoms with E-state index in [4.69, 9.17) is 0 Å². The van der Waals surface area contributed by atoms with Gasteiger partial charge in [-0.3, -0.25) is 4.79 Å². The Balaban J connectivity index is 2.47. The molecular weight excluding hydrogens is 198 g/mol. The van der Waals surface area contributed by atoms with Gasteiger partial charge in [-0.15, -0.1) is 0 Å². The number of hydrogen-bond acceptors (Lipinski definition) is 2. The molecule has 2 heteroatoms. The molecule has 0 spiro atoms. The van der Waals surface area contributed by atoms with Gasteiger partial charge in [0.15, 0.2) is 5.78 Å². The average molecular weight is 217 g/mol. The standard InChI is InChI=1S/C14H19NO/c1-3-15(4-2)13-9-5-8-12-11(13)7-6-10-14(12)16/h5,8-9H,3-4,6-7,10H2,1-2H3. The van der Waals surface area contributed by atoms with Crippen molar-refractivity contribution in [2.45, 2.75) is 33.1 Å². The maximum Gasteiger partial charge on any atom is 0.163 e. The van der Waals surface area contributed by atoms with Crippen LogP contribution in [0.5, 0.6) is 0 Å². The van der Waals surface area contributed by atoms with Gasteiger partial charge in [-0.1, -0.05) is 12.1 Å². The van der Waals surface area contributed by atoms with Crippen molar-refractivity contribution in [2.24, 2.45) is 0 Å². The van der Waals surface area contributed by atoms with E-state index in [1.54, 1.807) is 0 Å². The molecule has 1 aromatic rings. The molecule has 0 saturated carbocycles. The van der Waals surface area contributed by atoms with Crippen LogP contribution in [0.3, 0.4) is 0 Å². The lowest BCUT2D eigenvalue weighted by Gasteiger charge is -2.27.